The highest BCUT2D eigenvalue weighted by molar-refractivity contribution is 7.47. The number of hydrogen-bond acceptors (Lipinski definition) is 12. The van der Waals surface area contributed by atoms with Crippen molar-refractivity contribution in [3.8, 4) is 0 Å². The molecular weight excluding hydrogens is 1020 g/mol. The number of esters is 2. The summed E-state index contributed by atoms with van der Waals surface area (Å²) in [5.74, 6) is -5.72. The second-order valence-electron chi connectivity index (χ2n) is 20.2. The van der Waals surface area contributed by atoms with E-state index in [0.717, 1.165) is 77.0 Å². The van der Waals surface area contributed by atoms with Crippen LogP contribution in [0, 0.1) is 0 Å². The molecule has 6 N–H and O–H groups in total. The number of phosphoric ester groups is 1. The normalized spacial score (nSPS) is 13.8. The molecule has 2 unspecified atom stereocenters. The molecule has 0 aliphatic heterocycles. The van der Waals surface area contributed by atoms with E-state index in [4.69, 9.17) is 23.6 Å². The topological polar surface area (TPSA) is 270 Å². The maximum atomic E-state index is 13.3. The molecule has 78 heavy (non-hydrogen) atoms. The first kappa shape index (κ1) is 73.4. The standard InChI is InChI=1S/C59H102N3O15P/c1-7-9-11-13-15-17-19-21-23-25-27-29-31-33-35-40-53(63)74-45-51(77-54(64)41-36-34-32-30-28-26-24-22-20-18-16-14-12-10-8-2)46-76-78(72,73)75-44-43-61-57(67)52(62-56(66)48(4)50(6)59(70)71)39-37-38-42-60-55(65)47(3)49(5)58(68)69/h21-24,51-52H,7-20,25-46H2,1-6H3,(H,60,65)(H,61,67)(H,62,66)(H,68,69)(H,70,71)(H,72,73)/b23-21+,24-22+,49-47+,50-48+/t51-,52?/m1/s1. The molecule has 3 amide bonds. The maximum Gasteiger partial charge on any atom is 0.472 e. The third-order valence-corrected chi connectivity index (χ3v) is 14.4. The Hall–Kier alpha value is -4.64. The van der Waals surface area contributed by atoms with Crippen molar-refractivity contribution in [3.63, 3.8) is 0 Å². The Labute approximate surface area is 467 Å². The van der Waals surface area contributed by atoms with Gasteiger partial charge in [-0.25, -0.2) is 14.2 Å². The zero-order valence-corrected chi connectivity index (χ0v) is 49.5. The molecule has 0 aromatic heterocycles. The SMILES string of the molecule is CCCCCCCC/C=C/CCCCCCCC(=O)OC[C@H](COP(=O)(O)OCCNC(=O)C(CCCCNC(=O)/C(C)=C(\C)C(=O)O)NC(=O)/C(C)=C(\C)C(=O)O)OC(=O)CCCCCCC/C=C/CCCCCCCC. The van der Waals surface area contributed by atoms with Gasteiger partial charge in [0.2, 0.25) is 17.7 Å². The van der Waals surface area contributed by atoms with Crippen molar-refractivity contribution in [3.05, 3.63) is 46.6 Å². The van der Waals surface area contributed by atoms with Crippen LogP contribution in [0.15, 0.2) is 46.6 Å². The predicted molar refractivity (Wildman–Crippen MR) is 305 cm³/mol. The highest BCUT2D eigenvalue weighted by Gasteiger charge is 2.27. The molecule has 3 atom stereocenters. The number of carbonyl (C=O) groups is 7. The molecule has 0 heterocycles. The van der Waals surface area contributed by atoms with Gasteiger partial charge in [0.15, 0.2) is 6.10 Å². The summed E-state index contributed by atoms with van der Waals surface area (Å²) in [4.78, 5) is 97.5. The molecule has 0 aliphatic carbocycles. The zero-order chi connectivity index (χ0) is 58.2. The van der Waals surface area contributed by atoms with Gasteiger partial charge in [-0.2, -0.15) is 0 Å². The summed E-state index contributed by atoms with van der Waals surface area (Å²) in [6, 6.07) is -1.19. The average molecular weight is 1120 g/mol. The van der Waals surface area contributed by atoms with E-state index < -0.39 is 81.4 Å². The number of allylic oxidation sites excluding steroid dienone is 4. The summed E-state index contributed by atoms with van der Waals surface area (Å²) in [7, 11) is -4.82. The summed E-state index contributed by atoms with van der Waals surface area (Å²) in [5.41, 5.74) is -0.443. The summed E-state index contributed by atoms with van der Waals surface area (Å²) < 4.78 is 34.3. The average Bonchev–Trinajstić information content (AvgIpc) is 3.41. The third-order valence-electron chi connectivity index (χ3n) is 13.4. The predicted octanol–water partition coefficient (Wildman–Crippen LogP) is 12.4. The molecule has 0 aliphatic rings. The van der Waals surface area contributed by atoms with Crippen molar-refractivity contribution in [2.45, 2.75) is 253 Å². The van der Waals surface area contributed by atoms with Gasteiger partial charge in [-0.3, -0.25) is 33.0 Å². The monoisotopic (exact) mass is 1120 g/mol. The van der Waals surface area contributed by atoms with Crippen molar-refractivity contribution in [1.82, 2.24) is 16.0 Å². The first-order valence-corrected chi connectivity index (χ1v) is 30.8. The van der Waals surface area contributed by atoms with Crippen molar-refractivity contribution in [2.24, 2.45) is 0 Å². The number of carboxylic acid groups (broad SMARTS) is 2. The van der Waals surface area contributed by atoms with Gasteiger partial charge in [0, 0.05) is 48.2 Å². The van der Waals surface area contributed by atoms with Crippen LogP contribution < -0.4 is 16.0 Å². The molecule has 0 saturated heterocycles. The number of ether oxygens (including phenoxy) is 2. The molecule has 0 fully saturated rings. The molecule has 0 rings (SSSR count). The molecule has 19 heteroatoms. The maximum absolute atomic E-state index is 13.3. The number of carbonyl (C=O) groups excluding carboxylic acids is 5. The van der Waals surface area contributed by atoms with Gasteiger partial charge in [-0.1, -0.05) is 141 Å². The van der Waals surface area contributed by atoms with Crippen molar-refractivity contribution >= 4 is 49.4 Å². The molecule has 0 spiro atoms. The van der Waals surface area contributed by atoms with E-state index in [1.54, 1.807) is 0 Å². The van der Waals surface area contributed by atoms with Gasteiger partial charge in [-0.15, -0.1) is 0 Å². The van der Waals surface area contributed by atoms with E-state index in [1.807, 2.05) is 0 Å². The van der Waals surface area contributed by atoms with Crippen LogP contribution in [0.2, 0.25) is 0 Å². The Morgan fingerprint density at radius 3 is 1.40 bits per heavy atom. The molecule has 0 aromatic rings. The number of nitrogens with one attached hydrogen (secondary N) is 3. The third kappa shape index (κ3) is 41.4. The minimum absolute atomic E-state index is 0.0331. The zero-order valence-electron chi connectivity index (χ0n) is 48.6. The number of aliphatic carboxylic acids is 2. The number of hydrogen-bond donors (Lipinski definition) is 6. The fourth-order valence-corrected chi connectivity index (χ4v) is 8.73. The van der Waals surface area contributed by atoms with Crippen LogP contribution in [-0.4, -0.2) is 102 Å². The van der Waals surface area contributed by atoms with Gasteiger partial charge in [0.1, 0.15) is 12.6 Å². The Balaban J connectivity index is 5.30. The lowest BCUT2D eigenvalue weighted by Crippen LogP contribution is -2.47. The lowest BCUT2D eigenvalue weighted by molar-refractivity contribution is -0.161. The summed E-state index contributed by atoms with van der Waals surface area (Å²) >= 11 is 0. The molecule has 0 saturated carbocycles. The van der Waals surface area contributed by atoms with E-state index in [-0.39, 0.29) is 61.1 Å². The molecule has 448 valence electrons. The quantitative estimate of drug-likeness (QED) is 0.0109. The van der Waals surface area contributed by atoms with E-state index in [2.05, 4.69) is 54.1 Å². The van der Waals surface area contributed by atoms with Crippen molar-refractivity contribution < 1.29 is 71.8 Å². The lowest BCUT2D eigenvalue weighted by atomic mass is 10.1. The van der Waals surface area contributed by atoms with Crippen LogP contribution in [0.1, 0.15) is 241 Å². The second kappa shape index (κ2) is 48.3. The largest absolute Gasteiger partial charge is 0.478 e. The minimum atomic E-state index is -4.82. The van der Waals surface area contributed by atoms with Crippen molar-refractivity contribution in [2.75, 3.05) is 32.9 Å². The number of rotatable bonds is 51. The molecule has 0 bridgehead atoms. The van der Waals surface area contributed by atoms with Gasteiger partial charge in [0.05, 0.1) is 13.2 Å². The van der Waals surface area contributed by atoms with E-state index >= 15 is 0 Å². The first-order chi connectivity index (χ1) is 37.4. The number of phosphoric acid groups is 1. The van der Waals surface area contributed by atoms with Crippen LogP contribution in [0.25, 0.3) is 0 Å². The fourth-order valence-electron chi connectivity index (χ4n) is 7.98. The second-order valence-corrected chi connectivity index (χ2v) is 21.7. The number of amides is 3. The van der Waals surface area contributed by atoms with Gasteiger partial charge in [-0.05, 0) is 111 Å². The lowest BCUT2D eigenvalue weighted by Gasteiger charge is -2.21. The summed E-state index contributed by atoms with van der Waals surface area (Å²) in [5, 5.41) is 26.1. The van der Waals surface area contributed by atoms with Gasteiger partial charge in [0.25, 0.3) is 0 Å². The van der Waals surface area contributed by atoms with E-state index in [1.165, 1.54) is 105 Å². The van der Waals surface area contributed by atoms with Gasteiger partial charge >= 0.3 is 31.7 Å². The Morgan fingerprint density at radius 2 is 0.923 bits per heavy atom. The number of unbranched alkanes of at least 4 members (excludes halogenated alkanes) is 23. The van der Waals surface area contributed by atoms with Crippen LogP contribution >= 0.6 is 7.82 Å². The van der Waals surface area contributed by atoms with Crippen LogP contribution in [0.4, 0.5) is 0 Å². The minimum Gasteiger partial charge on any atom is -0.478 e. The Bertz CT molecular complexity index is 1900. The molecular formula is C59H102N3O15P. The highest BCUT2D eigenvalue weighted by atomic mass is 31.2. The summed E-state index contributed by atoms with van der Waals surface area (Å²) in [6.45, 7) is 7.90. The highest BCUT2D eigenvalue weighted by Crippen LogP contribution is 2.43. The van der Waals surface area contributed by atoms with Gasteiger partial charge < -0.3 is 40.5 Å². The molecule has 0 radical (unpaired) electrons. The van der Waals surface area contributed by atoms with Crippen LogP contribution in [0.3, 0.4) is 0 Å². The van der Waals surface area contributed by atoms with Crippen LogP contribution in [0.5, 0.6) is 0 Å². The fraction of sp³-hybridized carbons (Fsp3) is 0.746. The first-order valence-electron chi connectivity index (χ1n) is 29.3. The van der Waals surface area contributed by atoms with E-state index in [0.29, 0.717) is 19.3 Å². The van der Waals surface area contributed by atoms with E-state index in [9.17, 15) is 48.1 Å². The smallest absolute Gasteiger partial charge is 0.472 e. The number of carboxylic acids is 2. The molecule has 0 aromatic carbocycles. The Kier molecular flexibility index (Phi) is 45.4. The Morgan fingerprint density at radius 1 is 0.487 bits per heavy atom. The van der Waals surface area contributed by atoms with Crippen molar-refractivity contribution in [1.29, 1.82) is 0 Å². The molecule has 18 nitrogen and oxygen atoms in total. The van der Waals surface area contributed by atoms with Crippen LogP contribution in [-0.2, 0) is 56.6 Å². The summed E-state index contributed by atoms with van der Waals surface area (Å²) in [6.07, 6.45) is 37.7.